The molecule has 0 saturated heterocycles. The smallest absolute Gasteiger partial charge is 0.237 e. The lowest BCUT2D eigenvalue weighted by Gasteiger charge is -2.21. The van der Waals surface area contributed by atoms with Crippen molar-refractivity contribution in [2.75, 3.05) is 7.11 Å². The van der Waals surface area contributed by atoms with Gasteiger partial charge in [-0.1, -0.05) is 30.3 Å². The summed E-state index contributed by atoms with van der Waals surface area (Å²) in [6.45, 7) is 0. The third-order valence-corrected chi connectivity index (χ3v) is 3.72. The monoisotopic (exact) mass is 262 g/mol. The summed E-state index contributed by atoms with van der Waals surface area (Å²) in [5.41, 5.74) is 7.04. The number of nitrogens with two attached hydrogens (primary N) is 1. The van der Waals surface area contributed by atoms with Gasteiger partial charge >= 0.3 is 0 Å². The maximum Gasteiger partial charge on any atom is 0.237 e. The quantitative estimate of drug-likeness (QED) is 0.839. The molecule has 1 aliphatic rings. The largest absolute Gasteiger partial charge is 0.379 e. The number of hydrogen-bond acceptors (Lipinski definition) is 3. The van der Waals surface area contributed by atoms with Crippen molar-refractivity contribution in [1.29, 1.82) is 0 Å². The number of hydrogen-bond donors (Lipinski definition) is 2. The topological polar surface area (TPSA) is 64.3 Å². The van der Waals surface area contributed by atoms with E-state index in [2.05, 4.69) is 5.32 Å². The minimum absolute atomic E-state index is 0.0854. The van der Waals surface area contributed by atoms with Gasteiger partial charge in [0.15, 0.2) is 0 Å². The first-order valence-electron chi connectivity index (χ1n) is 6.83. The third kappa shape index (κ3) is 3.78. The molecule has 1 aromatic rings. The fraction of sp³-hybridized carbons (Fsp3) is 0.533. The summed E-state index contributed by atoms with van der Waals surface area (Å²) in [6, 6.07) is 9.45. The number of carbonyl (C=O) groups is 1. The zero-order chi connectivity index (χ0) is 13.7. The van der Waals surface area contributed by atoms with Crippen LogP contribution in [0.15, 0.2) is 30.3 Å². The Balaban J connectivity index is 1.85. The highest BCUT2D eigenvalue weighted by Crippen LogP contribution is 2.21. The third-order valence-electron chi connectivity index (χ3n) is 3.72. The zero-order valence-corrected chi connectivity index (χ0v) is 11.3. The van der Waals surface area contributed by atoms with Gasteiger partial charge in [0.1, 0.15) is 0 Å². The summed E-state index contributed by atoms with van der Waals surface area (Å²) in [5.74, 6) is -0.0854. The Hall–Kier alpha value is -1.39. The van der Waals surface area contributed by atoms with Crippen LogP contribution < -0.4 is 11.1 Å². The van der Waals surface area contributed by atoms with Crippen molar-refractivity contribution in [2.24, 2.45) is 5.73 Å². The van der Waals surface area contributed by atoms with Crippen molar-refractivity contribution < 1.29 is 9.53 Å². The predicted molar refractivity (Wildman–Crippen MR) is 74.7 cm³/mol. The fourth-order valence-electron chi connectivity index (χ4n) is 2.62. The standard InChI is InChI=1S/C15H22N2O2/c1-19-14-9-5-8-13(14)17-15(18)12(16)10-11-6-3-2-4-7-11/h2-4,6-7,12-14H,5,8-10,16H2,1H3,(H,17,18). The number of amides is 1. The summed E-state index contributed by atoms with van der Waals surface area (Å²) in [5, 5.41) is 3.01. The van der Waals surface area contributed by atoms with Crippen molar-refractivity contribution in [3.05, 3.63) is 35.9 Å². The van der Waals surface area contributed by atoms with Gasteiger partial charge in [-0.05, 0) is 31.2 Å². The Morgan fingerprint density at radius 2 is 2.16 bits per heavy atom. The molecule has 4 heteroatoms. The van der Waals surface area contributed by atoms with E-state index >= 15 is 0 Å². The molecular weight excluding hydrogens is 240 g/mol. The lowest BCUT2D eigenvalue weighted by atomic mass is 10.1. The van der Waals surface area contributed by atoms with Crippen molar-refractivity contribution in [1.82, 2.24) is 5.32 Å². The van der Waals surface area contributed by atoms with Gasteiger partial charge in [0.25, 0.3) is 0 Å². The van der Waals surface area contributed by atoms with Gasteiger partial charge in [0.2, 0.25) is 5.91 Å². The SMILES string of the molecule is COC1CCCC1NC(=O)C(N)Cc1ccccc1. The molecule has 1 aromatic carbocycles. The lowest BCUT2D eigenvalue weighted by Crippen LogP contribution is -2.49. The number of rotatable bonds is 5. The second kappa shape index (κ2) is 6.68. The lowest BCUT2D eigenvalue weighted by molar-refractivity contribution is -0.123. The Morgan fingerprint density at radius 3 is 2.84 bits per heavy atom. The van der Waals surface area contributed by atoms with Gasteiger partial charge in [0.05, 0.1) is 18.2 Å². The molecule has 4 nitrogen and oxygen atoms in total. The molecule has 0 aliphatic heterocycles. The Kier molecular flexibility index (Phi) is 4.93. The van der Waals surface area contributed by atoms with Gasteiger partial charge in [-0.15, -0.1) is 0 Å². The Labute approximate surface area is 114 Å². The van der Waals surface area contributed by atoms with Crippen LogP contribution in [0, 0.1) is 0 Å². The average molecular weight is 262 g/mol. The van der Waals surface area contributed by atoms with Gasteiger partial charge < -0.3 is 15.8 Å². The molecule has 0 heterocycles. The van der Waals surface area contributed by atoms with Crippen LogP contribution in [-0.2, 0) is 16.0 Å². The normalized spacial score (nSPS) is 24.1. The maximum absolute atomic E-state index is 12.1. The second-order valence-corrected chi connectivity index (χ2v) is 5.12. The van der Waals surface area contributed by atoms with Crippen molar-refractivity contribution in [3.8, 4) is 0 Å². The minimum Gasteiger partial charge on any atom is -0.379 e. The van der Waals surface area contributed by atoms with Crippen LogP contribution in [0.2, 0.25) is 0 Å². The molecule has 0 radical (unpaired) electrons. The predicted octanol–water partition coefficient (Wildman–Crippen LogP) is 1.24. The molecule has 1 saturated carbocycles. The van der Waals surface area contributed by atoms with Crippen molar-refractivity contribution in [2.45, 2.75) is 43.9 Å². The van der Waals surface area contributed by atoms with Gasteiger partial charge in [-0.3, -0.25) is 4.79 Å². The van der Waals surface area contributed by atoms with E-state index in [0.717, 1.165) is 24.8 Å². The minimum atomic E-state index is -0.500. The average Bonchev–Trinajstić information content (AvgIpc) is 2.87. The summed E-state index contributed by atoms with van der Waals surface area (Å²) in [7, 11) is 1.69. The van der Waals surface area contributed by atoms with Crippen molar-refractivity contribution in [3.63, 3.8) is 0 Å². The summed E-state index contributed by atoms with van der Waals surface area (Å²) >= 11 is 0. The van der Waals surface area contributed by atoms with E-state index in [4.69, 9.17) is 10.5 Å². The van der Waals surface area contributed by atoms with E-state index in [9.17, 15) is 4.79 Å². The Bertz CT molecular complexity index is 408. The molecule has 0 spiro atoms. The number of methoxy groups -OCH3 is 1. The van der Waals surface area contributed by atoms with E-state index in [1.54, 1.807) is 7.11 Å². The first-order valence-corrected chi connectivity index (χ1v) is 6.83. The Morgan fingerprint density at radius 1 is 1.42 bits per heavy atom. The highest BCUT2D eigenvalue weighted by Gasteiger charge is 2.29. The first kappa shape index (κ1) is 14.0. The molecule has 104 valence electrons. The fourth-order valence-corrected chi connectivity index (χ4v) is 2.62. The van der Waals surface area contributed by atoms with Crippen molar-refractivity contribution >= 4 is 5.91 Å². The van der Waals surface area contributed by atoms with Crippen LogP contribution in [0.1, 0.15) is 24.8 Å². The molecule has 3 unspecified atom stereocenters. The molecule has 1 aliphatic carbocycles. The van der Waals surface area contributed by atoms with Gasteiger partial charge in [-0.25, -0.2) is 0 Å². The number of nitrogens with one attached hydrogen (secondary N) is 1. The van der Waals surface area contributed by atoms with E-state index in [1.807, 2.05) is 30.3 Å². The molecule has 1 fully saturated rings. The van der Waals surface area contributed by atoms with Gasteiger partial charge in [0, 0.05) is 7.11 Å². The molecule has 3 atom stereocenters. The highest BCUT2D eigenvalue weighted by molar-refractivity contribution is 5.82. The zero-order valence-electron chi connectivity index (χ0n) is 11.3. The number of ether oxygens (including phenoxy) is 1. The second-order valence-electron chi connectivity index (χ2n) is 5.12. The summed E-state index contributed by atoms with van der Waals surface area (Å²) in [4.78, 5) is 12.1. The van der Waals surface area contributed by atoms with E-state index in [1.165, 1.54) is 0 Å². The van der Waals surface area contributed by atoms with Gasteiger partial charge in [-0.2, -0.15) is 0 Å². The molecule has 19 heavy (non-hydrogen) atoms. The van der Waals surface area contributed by atoms with Crippen LogP contribution in [0.5, 0.6) is 0 Å². The highest BCUT2D eigenvalue weighted by atomic mass is 16.5. The van der Waals surface area contributed by atoms with E-state index < -0.39 is 6.04 Å². The molecule has 3 N–H and O–H groups in total. The maximum atomic E-state index is 12.1. The summed E-state index contributed by atoms with van der Waals surface area (Å²) in [6.07, 6.45) is 3.78. The number of benzene rings is 1. The number of carbonyl (C=O) groups excluding carboxylic acids is 1. The van der Waals surface area contributed by atoms with E-state index in [-0.39, 0.29) is 18.1 Å². The molecule has 0 aromatic heterocycles. The molecular formula is C15H22N2O2. The van der Waals surface area contributed by atoms with Crippen LogP contribution in [0.25, 0.3) is 0 Å². The molecule has 2 rings (SSSR count). The molecule has 1 amide bonds. The first-order chi connectivity index (χ1) is 9.20. The van der Waals surface area contributed by atoms with Crippen LogP contribution in [-0.4, -0.2) is 31.2 Å². The van der Waals surface area contributed by atoms with Crippen LogP contribution in [0.3, 0.4) is 0 Å². The van der Waals surface area contributed by atoms with Crippen LogP contribution >= 0.6 is 0 Å². The van der Waals surface area contributed by atoms with Crippen LogP contribution in [0.4, 0.5) is 0 Å². The van der Waals surface area contributed by atoms with E-state index in [0.29, 0.717) is 6.42 Å². The molecule has 0 bridgehead atoms. The summed E-state index contributed by atoms with van der Waals surface area (Å²) < 4.78 is 5.37.